The quantitative estimate of drug-likeness (QED) is 0.729. The fraction of sp³-hybridized carbons (Fsp3) is 0.846. The van der Waals surface area contributed by atoms with Crippen molar-refractivity contribution in [3.05, 3.63) is 0 Å². The molecule has 1 saturated carbocycles. The van der Waals surface area contributed by atoms with Crippen LogP contribution >= 0.6 is 0 Å². The molecule has 18 heavy (non-hydrogen) atoms. The van der Waals surface area contributed by atoms with Crippen LogP contribution in [0.5, 0.6) is 0 Å². The number of carbonyl (C=O) groups excluding carboxylic acids is 2. The third-order valence-electron chi connectivity index (χ3n) is 3.08. The van der Waals surface area contributed by atoms with Crippen LogP contribution in [0.2, 0.25) is 0 Å². The molecule has 0 aromatic heterocycles. The lowest BCUT2D eigenvalue weighted by Gasteiger charge is -2.28. The van der Waals surface area contributed by atoms with Gasteiger partial charge in [-0.15, -0.1) is 0 Å². The lowest BCUT2D eigenvalue weighted by molar-refractivity contribution is -0.153. The van der Waals surface area contributed by atoms with Crippen LogP contribution < -0.4 is 5.32 Å². The summed E-state index contributed by atoms with van der Waals surface area (Å²) in [6, 6.07) is 0.561. The molecule has 0 bridgehead atoms. The molecule has 0 amide bonds. The second-order valence-corrected chi connectivity index (χ2v) is 4.61. The summed E-state index contributed by atoms with van der Waals surface area (Å²) in [6.07, 6.45) is 4.11. The molecule has 0 atom stereocenters. The van der Waals surface area contributed by atoms with E-state index >= 15 is 0 Å². The first kappa shape index (κ1) is 15.0. The Morgan fingerprint density at radius 1 is 1.22 bits per heavy atom. The highest BCUT2D eigenvalue weighted by atomic mass is 16.6. The minimum absolute atomic E-state index is 0.0322. The van der Waals surface area contributed by atoms with Crippen molar-refractivity contribution in [2.45, 2.75) is 58.1 Å². The van der Waals surface area contributed by atoms with Crippen LogP contribution in [-0.2, 0) is 19.1 Å². The molecule has 0 aromatic rings. The van der Waals surface area contributed by atoms with Gasteiger partial charge in [0.1, 0.15) is 12.7 Å². The predicted molar refractivity (Wildman–Crippen MR) is 67.1 cm³/mol. The van der Waals surface area contributed by atoms with Gasteiger partial charge in [-0.25, -0.2) is 0 Å². The van der Waals surface area contributed by atoms with Gasteiger partial charge < -0.3 is 14.8 Å². The lowest BCUT2D eigenvalue weighted by atomic mass is 9.93. The summed E-state index contributed by atoms with van der Waals surface area (Å²) in [6.45, 7) is 4.52. The summed E-state index contributed by atoms with van der Waals surface area (Å²) in [5.41, 5.74) is 0. The predicted octanol–water partition coefficient (Wildman–Crippen LogP) is 1.40. The smallest absolute Gasteiger partial charge is 0.309 e. The second kappa shape index (κ2) is 8.08. The van der Waals surface area contributed by atoms with Crippen molar-refractivity contribution in [1.82, 2.24) is 5.32 Å². The van der Waals surface area contributed by atoms with E-state index in [1.807, 2.05) is 0 Å². The third kappa shape index (κ3) is 6.00. The van der Waals surface area contributed by atoms with E-state index in [-0.39, 0.29) is 31.1 Å². The zero-order chi connectivity index (χ0) is 13.4. The SMILES string of the molecule is CCNC1CCC(OC(=O)CCOC(C)=O)CC1. The standard InChI is InChI=1S/C13H23NO4/c1-3-14-11-4-6-12(7-5-11)18-13(16)8-9-17-10(2)15/h11-12,14H,3-9H2,1-2H3. The van der Waals surface area contributed by atoms with Crippen LogP contribution in [0.3, 0.4) is 0 Å². The minimum atomic E-state index is -0.367. The van der Waals surface area contributed by atoms with E-state index in [4.69, 9.17) is 9.47 Å². The molecule has 1 rings (SSSR count). The number of rotatable bonds is 6. The number of nitrogens with one attached hydrogen (secondary N) is 1. The van der Waals surface area contributed by atoms with Crippen molar-refractivity contribution in [1.29, 1.82) is 0 Å². The first-order valence-electron chi connectivity index (χ1n) is 6.68. The highest BCUT2D eigenvalue weighted by Gasteiger charge is 2.23. The molecule has 1 aliphatic carbocycles. The van der Waals surface area contributed by atoms with Gasteiger partial charge >= 0.3 is 11.9 Å². The normalized spacial score (nSPS) is 23.4. The number of hydrogen-bond donors (Lipinski definition) is 1. The first-order valence-corrected chi connectivity index (χ1v) is 6.68. The summed E-state index contributed by atoms with van der Waals surface area (Å²) in [5.74, 6) is -0.642. The van der Waals surface area contributed by atoms with Gasteiger partial charge in [0.2, 0.25) is 0 Å². The topological polar surface area (TPSA) is 64.6 Å². The molecule has 0 aliphatic heterocycles. The zero-order valence-corrected chi connectivity index (χ0v) is 11.2. The molecule has 0 spiro atoms. The zero-order valence-electron chi connectivity index (χ0n) is 11.2. The highest BCUT2D eigenvalue weighted by molar-refractivity contribution is 5.70. The van der Waals surface area contributed by atoms with E-state index in [0.29, 0.717) is 6.04 Å². The molecular formula is C13H23NO4. The van der Waals surface area contributed by atoms with Crippen LogP contribution in [0, 0.1) is 0 Å². The Kier molecular flexibility index (Phi) is 6.72. The van der Waals surface area contributed by atoms with Crippen LogP contribution in [0.25, 0.3) is 0 Å². The number of carbonyl (C=O) groups is 2. The maximum atomic E-state index is 11.5. The molecule has 5 nitrogen and oxygen atoms in total. The van der Waals surface area contributed by atoms with Crippen molar-refractivity contribution < 1.29 is 19.1 Å². The Bertz CT molecular complexity index is 272. The largest absolute Gasteiger partial charge is 0.465 e. The first-order chi connectivity index (χ1) is 8.61. The van der Waals surface area contributed by atoms with Crippen molar-refractivity contribution >= 4 is 11.9 Å². The van der Waals surface area contributed by atoms with Crippen molar-refractivity contribution in [2.24, 2.45) is 0 Å². The second-order valence-electron chi connectivity index (χ2n) is 4.61. The van der Waals surface area contributed by atoms with Gasteiger partial charge in [-0.1, -0.05) is 6.92 Å². The number of ether oxygens (including phenoxy) is 2. The van der Waals surface area contributed by atoms with E-state index in [1.165, 1.54) is 6.92 Å². The summed E-state index contributed by atoms with van der Waals surface area (Å²) in [4.78, 5) is 22.0. The van der Waals surface area contributed by atoms with Gasteiger partial charge in [0.05, 0.1) is 6.42 Å². The van der Waals surface area contributed by atoms with Crippen molar-refractivity contribution in [3.63, 3.8) is 0 Å². The van der Waals surface area contributed by atoms with Gasteiger partial charge in [0, 0.05) is 13.0 Å². The fourth-order valence-electron chi connectivity index (χ4n) is 2.20. The van der Waals surface area contributed by atoms with Gasteiger partial charge in [0.15, 0.2) is 0 Å². The number of esters is 2. The molecular weight excluding hydrogens is 234 g/mol. The van der Waals surface area contributed by atoms with Crippen LogP contribution in [0.15, 0.2) is 0 Å². The molecule has 0 unspecified atom stereocenters. The maximum Gasteiger partial charge on any atom is 0.309 e. The van der Waals surface area contributed by atoms with E-state index in [1.54, 1.807) is 0 Å². The molecule has 104 valence electrons. The van der Waals surface area contributed by atoms with Gasteiger partial charge in [0.25, 0.3) is 0 Å². The molecule has 0 aromatic carbocycles. The molecule has 1 N–H and O–H groups in total. The molecule has 0 saturated heterocycles. The van der Waals surface area contributed by atoms with Gasteiger partial charge in [-0.2, -0.15) is 0 Å². The average Bonchev–Trinajstić information content (AvgIpc) is 2.31. The molecule has 0 radical (unpaired) electrons. The van der Waals surface area contributed by atoms with Crippen molar-refractivity contribution in [2.75, 3.05) is 13.2 Å². The Morgan fingerprint density at radius 3 is 2.44 bits per heavy atom. The third-order valence-corrected chi connectivity index (χ3v) is 3.08. The minimum Gasteiger partial charge on any atom is -0.465 e. The van der Waals surface area contributed by atoms with E-state index in [0.717, 1.165) is 32.2 Å². The summed E-state index contributed by atoms with van der Waals surface area (Å²) in [5, 5.41) is 3.41. The van der Waals surface area contributed by atoms with E-state index in [2.05, 4.69) is 12.2 Å². The van der Waals surface area contributed by atoms with E-state index in [9.17, 15) is 9.59 Å². The molecule has 0 heterocycles. The van der Waals surface area contributed by atoms with Crippen molar-refractivity contribution in [3.8, 4) is 0 Å². The van der Waals surface area contributed by atoms with Gasteiger partial charge in [-0.05, 0) is 32.2 Å². The highest BCUT2D eigenvalue weighted by Crippen LogP contribution is 2.21. The molecule has 1 fully saturated rings. The monoisotopic (exact) mass is 257 g/mol. The van der Waals surface area contributed by atoms with Crippen LogP contribution in [-0.4, -0.2) is 37.2 Å². The Labute approximate surface area is 108 Å². The fourth-order valence-corrected chi connectivity index (χ4v) is 2.20. The Morgan fingerprint density at radius 2 is 1.89 bits per heavy atom. The Hall–Kier alpha value is -1.10. The number of hydrogen-bond acceptors (Lipinski definition) is 5. The summed E-state index contributed by atoms with van der Waals surface area (Å²) >= 11 is 0. The molecule has 1 aliphatic rings. The van der Waals surface area contributed by atoms with Crippen LogP contribution in [0.1, 0.15) is 46.0 Å². The van der Waals surface area contributed by atoms with Gasteiger partial charge in [-0.3, -0.25) is 9.59 Å². The van der Waals surface area contributed by atoms with E-state index < -0.39 is 0 Å². The van der Waals surface area contributed by atoms with Crippen LogP contribution in [0.4, 0.5) is 0 Å². The Balaban J connectivity index is 2.12. The molecule has 5 heteroatoms. The summed E-state index contributed by atoms with van der Waals surface area (Å²) in [7, 11) is 0. The lowest BCUT2D eigenvalue weighted by Crippen LogP contribution is -2.35. The summed E-state index contributed by atoms with van der Waals surface area (Å²) < 4.78 is 10.0. The average molecular weight is 257 g/mol. The maximum absolute atomic E-state index is 11.5.